The Labute approximate surface area is 273 Å². The number of fused-ring (bicyclic) bond motifs is 1. The Morgan fingerprint density at radius 2 is 1.55 bits per heavy atom. The van der Waals surface area contributed by atoms with E-state index in [1.807, 2.05) is 0 Å². The maximum Gasteiger partial charge on any atom is 0.481 e. The standard InChI is InChI=1S/C21H29N8O17P3/c22-11-2-1-8(18(24)33)3-28(11)20-15(32)13(30)9(43-20)4-41-48(37,38)46-49(39,40)42-5-10-14(31)16(45-47(34,35)36)21(44-10)29-7-27-12-17(23)25-6-26-19(12)29/h1-3,6-7,9-10,13-16,20-22,30-32H,4-5H2,(H8,23,24,25,26,33,34,35,36,37,38,39,40)/p+1/t9-,10+,13-,14-,15-,16+,20+,21?/m0/s1. The molecule has 10 atom stereocenters. The lowest BCUT2D eigenvalue weighted by atomic mass is 10.1. The number of aliphatic hydroxyl groups is 3. The summed E-state index contributed by atoms with van der Waals surface area (Å²) in [6.07, 6.45) is -10.2. The third kappa shape index (κ3) is 8.30. The number of hydrogen-bond donors (Lipinski definition) is 10. The van der Waals surface area contributed by atoms with Gasteiger partial charge in [-0.3, -0.25) is 28.7 Å². The topological polar surface area (TPSA) is 391 Å². The van der Waals surface area contributed by atoms with Crippen molar-refractivity contribution in [1.29, 1.82) is 0 Å². The Bertz CT molecular complexity index is 1860. The first-order chi connectivity index (χ1) is 22.8. The van der Waals surface area contributed by atoms with E-state index in [1.165, 1.54) is 12.1 Å². The molecule has 28 heteroatoms. The number of carbonyl (C=O) groups is 1. The van der Waals surface area contributed by atoms with E-state index in [0.29, 0.717) is 0 Å². The average Bonchev–Trinajstić information content (AvgIpc) is 3.64. The highest BCUT2D eigenvalue weighted by molar-refractivity contribution is 7.61. The minimum absolute atomic E-state index is 0.00319. The van der Waals surface area contributed by atoms with Crippen molar-refractivity contribution in [3.8, 4) is 0 Å². The number of anilines is 2. The van der Waals surface area contributed by atoms with Gasteiger partial charge in [-0.05, 0) is 6.07 Å². The highest BCUT2D eigenvalue weighted by atomic mass is 31.3. The van der Waals surface area contributed by atoms with Crippen molar-refractivity contribution < 1.29 is 85.3 Å². The number of aliphatic hydroxyl groups excluding tert-OH is 3. The molecule has 49 heavy (non-hydrogen) atoms. The van der Waals surface area contributed by atoms with E-state index < -0.39 is 91.7 Å². The van der Waals surface area contributed by atoms with Crippen LogP contribution in [0.15, 0.2) is 31.0 Å². The van der Waals surface area contributed by atoms with Gasteiger partial charge in [0.05, 0.1) is 25.1 Å². The summed E-state index contributed by atoms with van der Waals surface area (Å²) in [5.74, 6) is -0.935. The summed E-state index contributed by atoms with van der Waals surface area (Å²) in [6, 6.07) is 2.56. The van der Waals surface area contributed by atoms with Crippen LogP contribution in [0.4, 0.5) is 11.6 Å². The van der Waals surface area contributed by atoms with Crippen LogP contribution in [0.3, 0.4) is 0 Å². The van der Waals surface area contributed by atoms with E-state index in [0.717, 1.165) is 28.0 Å². The fraction of sp³-hybridized carbons (Fsp3) is 0.476. The van der Waals surface area contributed by atoms with Crippen LogP contribution >= 0.6 is 23.5 Å². The molecule has 0 saturated carbocycles. The molecule has 2 aliphatic rings. The van der Waals surface area contributed by atoms with E-state index in [2.05, 4.69) is 23.8 Å². The number of primary amides is 1. The van der Waals surface area contributed by atoms with Gasteiger partial charge in [0, 0.05) is 6.07 Å². The molecule has 3 unspecified atom stereocenters. The SMILES string of the molecule is NC(=O)c1ccc(N)[n+]([C@@H]2O[C@@H](COP(=O)(O)OP(=O)(O)OC[C@H]3OC(n4cnc5c(N)ncnc54)[C@H](OP(=O)(O)O)[C@H]3O)[C@H](O)[C@@H]2O)c1. The lowest BCUT2D eigenvalue weighted by Crippen LogP contribution is -2.48. The second-order valence-corrected chi connectivity index (χ2v) is 14.7. The number of imidazole rings is 1. The highest BCUT2D eigenvalue weighted by Gasteiger charge is 2.51. The molecule has 3 aromatic rings. The first-order valence-electron chi connectivity index (χ1n) is 13.6. The van der Waals surface area contributed by atoms with Crippen molar-refractivity contribution in [2.75, 3.05) is 24.7 Å². The maximum atomic E-state index is 12.6. The summed E-state index contributed by atoms with van der Waals surface area (Å²) in [4.78, 5) is 62.3. The van der Waals surface area contributed by atoms with E-state index in [9.17, 15) is 53.4 Å². The number of phosphoric acid groups is 3. The van der Waals surface area contributed by atoms with Gasteiger partial charge in [0.25, 0.3) is 11.7 Å². The number of pyridine rings is 1. The van der Waals surface area contributed by atoms with E-state index in [-0.39, 0.29) is 28.4 Å². The molecule has 2 fully saturated rings. The van der Waals surface area contributed by atoms with Gasteiger partial charge in [-0.1, -0.05) is 0 Å². The molecular formula is C21H30N8O17P3+. The summed E-state index contributed by atoms with van der Waals surface area (Å²) in [7, 11) is -16.3. The number of nitrogens with zero attached hydrogens (tertiary/aromatic N) is 5. The number of nitrogen functional groups attached to an aromatic ring is 2. The lowest BCUT2D eigenvalue weighted by Gasteiger charge is -2.22. The second-order valence-electron chi connectivity index (χ2n) is 10.5. The van der Waals surface area contributed by atoms with Crippen molar-refractivity contribution >= 4 is 52.2 Å². The predicted octanol–water partition coefficient (Wildman–Crippen LogP) is -3.32. The quantitative estimate of drug-likeness (QED) is 0.0602. The summed E-state index contributed by atoms with van der Waals surface area (Å²) < 4.78 is 68.3. The van der Waals surface area contributed by atoms with Gasteiger partial charge in [0.15, 0.2) is 17.7 Å². The summed E-state index contributed by atoms with van der Waals surface area (Å²) in [5.41, 5.74) is 16.9. The predicted molar refractivity (Wildman–Crippen MR) is 155 cm³/mol. The van der Waals surface area contributed by atoms with Crippen LogP contribution in [-0.2, 0) is 41.1 Å². The lowest BCUT2D eigenvalue weighted by molar-refractivity contribution is -0.753. The first kappa shape index (κ1) is 37.2. The average molecular weight is 759 g/mol. The molecule has 0 aliphatic carbocycles. The fourth-order valence-corrected chi connectivity index (χ4v) is 7.55. The van der Waals surface area contributed by atoms with Crippen molar-refractivity contribution in [1.82, 2.24) is 19.5 Å². The normalized spacial score (nSPS) is 29.9. The van der Waals surface area contributed by atoms with Gasteiger partial charge in [0.1, 0.15) is 54.7 Å². The monoisotopic (exact) mass is 759 g/mol. The summed E-state index contributed by atoms with van der Waals surface area (Å²) >= 11 is 0. The minimum atomic E-state index is -5.55. The molecular weight excluding hydrogens is 729 g/mol. The molecule has 13 N–H and O–H groups in total. The zero-order valence-corrected chi connectivity index (χ0v) is 27.1. The van der Waals surface area contributed by atoms with Crippen molar-refractivity contribution in [2.45, 2.75) is 49.1 Å². The molecule has 5 rings (SSSR count). The highest BCUT2D eigenvalue weighted by Crippen LogP contribution is 2.61. The summed E-state index contributed by atoms with van der Waals surface area (Å²) in [5, 5.41) is 31.7. The maximum absolute atomic E-state index is 12.6. The fourth-order valence-electron chi connectivity index (χ4n) is 4.91. The molecule has 1 amide bonds. The molecule has 2 saturated heterocycles. The molecule has 3 aromatic heterocycles. The number of nitrogens with two attached hydrogens (primary N) is 3. The largest absolute Gasteiger partial charge is 0.481 e. The molecule has 0 spiro atoms. The number of ether oxygens (including phenoxy) is 2. The van der Waals surface area contributed by atoms with Crippen molar-refractivity contribution in [3.05, 3.63) is 36.5 Å². The van der Waals surface area contributed by atoms with Crippen LogP contribution in [0.5, 0.6) is 0 Å². The van der Waals surface area contributed by atoms with E-state index in [4.69, 9.17) is 35.7 Å². The number of aromatic nitrogens is 5. The van der Waals surface area contributed by atoms with Crippen molar-refractivity contribution in [3.63, 3.8) is 0 Å². The van der Waals surface area contributed by atoms with E-state index >= 15 is 0 Å². The molecule has 0 radical (unpaired) electrons. The van der Waals surface area contributed by atoms with Crippen LogP contribution in [0.25, 0.3) is 11.2 Å². The molecule has 25 nitrogen and oxygen atoms in total. The Hall–Kier alpha value is -3.06. The van der Waals surface area contributed by atoms with Crippen LogP contribution in [0, 0.1) is 0 Å². The van der Waals surface area contributed by atoms with Crippen LogP contribution < -0.4 is 21.8 Å². The molecule has 5 heterocycles. The van der Waals surface area contributed by atoms with Gasteiger partial charge in [0.2, 0.25) is 6.23 Å². The smallest absolute Gasteiger partial charge is 0.387 e. The molecule has 270 valence electrons. The number of hydrogen-bond acceptors (Lipinski definition) is 18. The zero-order chi connectivity index (χ0) is 36.1. The van der Waals surface area contributed by atoms with Gasteiger partial charge >= 0.3 is 23.5 Å². The first-order valence-corrected chi connectivity index (χ1v) is 18.1. The Morgan fingerprint density at radius 1 is 0.918 bits per heavy atom. The second kappa shape index (κ2) is 13.9. The summed E-state index contributed by atoms with van der Waals surface area (Å²) in [6.45, 7) is -2.09. The molecule has 0 bridgehead atoms. The number of rotatable bonds is 13. The number of carbonyl (C=O) groups excluding carboxylic acids is 1. The number of amides is 1. The zero-order valence-electron chi connectivity index (χ0n) is 24.4. The molecule has 2 aliphatic heterocycles. The third-order valence-corrected chi connectivity index (χ3v) is 10.3. The van der Waals surface area contributed by atoms with Crippen LogP contribution in [0.1, 0.15) is 22.8 Å². The van der Waals surface area contributed by atoms with Crippen LogP contribution in [-0.4, -0.2) is 110 Å². The van der Waals surface area contributed by atoms with Gasteiger partial charge in [-0.2, -0.15) is 4.31 Å². The van der Waals surface area contributed by atoms with Crippen molar-refractivity contribution in [2.24, 2.45) is 5.73 Å². The molecule has 0 aromatic carbocycles. The Kier molecular flexibility index (Phi) is 10.6. The minimum Gasteiger partial charge on any atom is -0.387 e. The third-order valence-electron chi connectivity index (χ3n) is 7.15. The van der Waals surface area contributed by atoms with Gasteiger partial charge in [-0.15, -0.1) is 0 Å². The Morgan fingerprint density at radius 3 is 2.16 bits per heavy atom. The van der Waals surface area contributed by atoms with E-state index in [1.54, 1.807) is 0 Å². The van der Waals surface area contributed by atoms with Crippen LogP contribution in [0.2, 0.25) is 0 Å². The Balaban J connectivity index is 1.22. The van der Waals surface area contributed by atoms with Gasteiger partial charge in [-0.25, -0.2) is 33.2 Å². The van der Waals surface area contributed by atoms with Gasteiger partial charge < -0.3 is 55.8 Å². The number of phosphoric ester groups is 3.